The lowest BCUT2D eigenvalue weighted by atomic mass is 10.2. The third-order valence-corrected chi connectivity index (χ3v) is 2.56. The highest BCUT2D eigenvalue weighted by molar-refractivity contribution is 5.56. The summed E-state index contributed by atoms with van der Waals surface area (Å²) >= 11 is 0. The minimum absolute atomic E-state index is 0.00296. The minimum atomic E-state index is -0.443. The Kier molecular flexibility index (Phi) is 7.38. The number of ether oxygens (including phenoxy) is 3. The van der Waals surface area contributed by atoms with Crippen molar-refractivity contribution in [2.45, 2.75) is 6.42 Å². The summed E-state index contributed by atoms with van der Waals surface area (Å²) in [5, 5.41) is 13.9. The fourth-order valence-corrected chi connectivity index (χ4v) is 1.56. The molecule has 1 aromatic rings. The predicted molar refractivity (Wildman–Crippen MR) is 75.5 cm³/mol. The smallest absolute Gasteiger partial charge is 0.275 e. The van der Waals surface area contributed by atoms with Gasteiger partial charge in [0.15, 0.2) is 0 Å². The van der Waals surface area contributed by atoms with Crippen molar-refractivity contribution < 1.29 is 19.1 Å². The highest BCUT2D eigenvalue weighted by atomic mass is 16.6. The van der Waals surface area contributed by atoms with Crippen LogP contribution in [0.1, 0.15) is 6.42 Å². The van der Waals surface area contributed by atoms with Gasteiger partial charge in [0.25, 0.3) is 5.69 Å². The van der Waals surface area contributed by atoms with Crippen LogP contribution in [0.2, 0.25) is 0 Å². The number of non-ortho nitro benzene ring substituents is 1. The highest BCUT2D eigenvalue weighted by Crippen LogP contribution is 2.25. The molecule has 0 saturated heterocycles. The van der Waals surface area contributed by atoms with Crippen LogP contribution in [0, 0.1) is 10.1 Å². The molecule has 0 atom stereocenters. The second-order valence-electron chi connectivity index (χ2n) is 4.06. The Bertz CT molecular complexity index is 425. The first kappa shape index (κ1) is 16.2. The number of nitro groups is 1. The molecule has 0 aliphatic rings. The van der Waals surface area contributed by atoms with Crippen molar-refractivity contribution in [3.05, 3.63) is 28.3 Å². The molecule has 0 saturated carbocycles. The quantitative estimate of drug-likeness (QED) is 0.402. The van der Waals surface area contributed by atoms with Crippen molar-refractivity contribution in [3.8, 4) is 5.75 Å². The number of anilines is 1. The lowest BCUT2D eigenvalue weighted by Gasteiger charge is -2.08. The van der Waals surface area contributed by atoms with Crippen LogP contribution in [0.4, 0.5) is 11.4 Å². The van der Waals surface area contributed by atoms with E-state index in [2.05, 4.69) is 5.32 Å². The average molecular weight is 284 g/mol. The fraction of sp³-hybridized carbons (Fsp3) is 0.538. The van der Waals surface area contributed by atoms with E-state index < -0.39 is 4.92 Å². The van der Waals surface area contributed by atoms with E-state index in [9.17, 15) is 10.1 Å². The molecule has 1 N–H and O–H groups in total. The third-order valence-electron chi connectivity index (χ3n) is 2.56. The largest absolute Gasteiger partial charge is 0.496 e. The number of nitro benzene ring substituents is 1. The molecule has 0 unspecified atom stereocenters. The van der Waals surface area contributed by atoms with Crippen molar-refractivity contribution in [1.29, 1.82) is 0 Å². The molecule has 0 aliphatic heterocycles. The number of nitrogens with zero attached hydrogens (tertiary/aromatic N) is 1. The van der Waals surface area contributed by atoms with Crippen LogP contribution >= 0.6 is 0 Å². The van der Waals surface area contributed by atoms with E-state index in [1.165, 1.54) is 19.2 Å². The van der Waals surface area contributed by atoms with Gasteiger partial charge in [-0.3, -0.25) is 10.1 Å². The zero-order valence-electron chi connectivity index (χ0n) is 11.8. The summed E-state index contributed by atoms with van der Waals surface area (Å²) in [6.45, 7) is 2.43. The molecule has 0 amide bonds. The van der Waals surface area contributed by atoms with Gasteiger partial charge in [-0.05, 0) is 6.42 Å². The Morgan fingerprint density at radius 2 is 2.00 bits per heavy atom. The number of benzene rings is 1. The van der Waals surface area contributed by atoms with E-state index in [1.54, 1.807) is 13.2 Å². The summed E-state index contributed by atoms with van der Waals surface area (Å²) in [5.41, 5.74) is 0.663. The second kappa shape index (κ2) is 9.11. The van der Waals surface area contributed by atoms with E-state index in [4.69, 9.17) is 14.2 Å². The molecule has 112 valence electrons. The van der Waals surface area contributed by atoms with Crippen LogP contribution in [-0.4, -0.2) is 45.5 Å². The zero-order valence-corrected chi connectivity index (χ0v) is 11.8. The maximum Gasteiger partial charge on any atom is 0.275 e. The zero-order chi connectivity index (χ0) is 14.8. The summed E-state index contributed by atoms with van der Waals surface area (Å²) < 4.78 is 15.2. The number of hydrogen-bond acceptors (Lipinski definition) is 6. The van der Waals surface area contributed by atoms with Crippen molar-refractivity contribution in [2.75, 3.05) is 45.9 Å². The summed E-state index contributed by atoms with van der Waals surface area (Å²) in [6.07, 6.45) is 0.800. The van der Waals surface area contributed by atoms with E-state index in [0.29, 0.717) is 37.8 Å². The second-order valence-corrected chi connectivity index (χ2v) is 4.06. The van der Waals surface area contributed by atoms with E-state index in [1.807, 2.05) is 0 Å². The molecule has 7 heteroatoms. The first-order valence-electron chi connectivity index (χ1n) is 6.31. The molecule has 0 aromatic heterocycles. The fourth-order valence-electron chi connectivity index (χ4n) is 1.56. The van der Waals surface area contributed by atoms with Gasteiger partial charge in [-0.15, -0.1) is 0 Å². The van der Waals surface area contributed by atoms with Crippen LogP contribution in [-0.2, 0) is 9.47 Å². The van der Waals surface area contributed by atoms with Crippen LogP contribution in [0.3, 0.4) is 0 Å². The molecule has 20 heavy (non-hydrogen) atoms. The number of hydrogen-bond donors (Lipinski definition) is 1. The third kappa shape index (κ3) is 5.85. The van der Waals surface area contributed by atoms with Crippen LogP contribution in [0.25, 0.3) is 0 Å². The Morgan fingerprint density at radius 1 is 1.20 bits per heavy atom. The first-order valence-corrected chi connectivity index (χ1v) is 6.31. The molecule has 0 bridgehead atoms. The molecule has 1 aromatic carbocycles. The van der Waals surface area contributed by atoms with Gasteiger partial charge in [0.1, 0.15) is 5.75 Å². The van der Waals surface area contributed by atoms with Crippen LogP contribution < -0.4 is 10.1 Å². The van der Waals surface area contributed by atoms with E-state index >= 15 is 0 Å². The minimum Gasteiger partial charge on any atom is -0.496 e. The molecule has 0 fully saturated rings. The van der Waals surface area contributed by atoms with Gasteiger partial charge >= 0.3 is 0 Å². The van der Waals surface area contributed by atoms with Gasteiger partial charge in [0.05, 0.1) is 31.3 Å². The van der Waals surface area contributed by atoms with Crippen LogP contribution in [0.5, 0.6) is 5.75 Å². The number of nitrogens with one attached hydrogen (secondary N) is 1. The van der Waals surface area contributed by atoms with Gasteiger partial charge in [0.2, 0.25) is 0 Å². The summed E-state index contributed by atoms with van der Waals surface area (Å²) in [6, 6.07) is 4.59. The molecule has 7 nitrogen and oxygen atoms in total. The summed E-state index contributed by atoms with van der Waals surface area (Å²) in [7, 11) is 3.10. The average Bonchev–Trinajstić information content (AvgIpc) is 2.46. The van der Waals surface area contributed by atoms with Crippen molar-refractivity contribution in [2.24, 2.45) is 0 Å². The lowest BCUT2D eigenvalue weighted by molar-refractivity contribution is -0.384. The Labute approximate surface area is 118 Å². The Morgan fingerprint density at radius 3 is 2.65 bits per heavy atom. The van der Waals surface area contributed by atoms with Gasteiger partial charge < -0.3 is 19.5 Å². The molecule has 0 aliphatic carbocycles. The van der Waals surface area contributed by atoms with Crippen molar-refractivity contribution >= 4 is 11.4 Å². The lowest BCUT2D eigenvalue weighted by Crippen LogP contribution is -2.08. The van der Waals surface area contributed by atoms with Gasteiger partial charge in [-0.25, -0.2) is 0 Å². The van der Waals surface area contributed by atoms with Crippen molar-refractivity contribution in [3.63, 3.8) is 0 Å². The first-order chi connectivity index (χ1) is 9.67. The predicted octanol–water partition coefficient (Wildman–Crippen LogP) is 2.07. The molecule has 0 heterocycles. The molecule has 0 radical (unpaired) electrons. The van der Waals surface area contributed by atoms with Crippen LogP contribution in [0.15, 0.2) is 18.2 Å². The van der Waals surface area contributed by atoms with Gasteiger partial charge in [0, 0.05) is 38.1 Å². The maximum absolute atomic E-state index is 10.8. The summed E-state index contributed by atoms with van der Waals surface area (Å²) in [4.78, 5) is 10.3. The highest BCUT2D eigenvalue weighted by Gasteiger charge is 2.09. The van der Waals surface area contributed by atoms with Crippen molar-refractivity contribution in [1.82, 2.24) is 0 Å². The van der Waals surface area contributed by atoms with E-state index in [0.717, 1.165) is 6.42 Å². The maximum atomic E-state index is 10.8. The number of rotatable bonds is 10. The number of methoxy groups -OCH3 is 2. The normalized spacial score (nSPS) is 10.3. The molecule has 0 spiro atoms. The molecule has 1 rings (SSSR count). The standard InChI is InChI=1S/C13H20N2O5/c1-18-6-7-20-5-3-4-14-11-8-12(15(16)17)10-13(9-11)19-2/h8-10,14H,3-7H2,1-2H3. The SMILES string of the molecule is COCCOCCCNc1cc(OC)cc([N+](=O)[O-])c1. The Hall–Kier alpha value is -1.86. The monoisotopic (exact) mass is 284 g/mol. The molecular formula is C13H20N2O5. The van der Waals surface area contributed by atoms with Gasteiger partial charge in [-0.2, -0.15) is 0 Å². The molecular weight excluding hydrogens is 264 g/mol. The Balaban J connectivity index is 2.39. The van der Waals surface area contributed by atoms with Gasteiger partial charge in [-0.1, -0.05) is 0 Å². The topological polar surface area (TPSA) is 82.9 Å². The van der Waals surface area contributed by atoms with E-state index in [-0.39, 0.29) is 5.69 Å². The summed E-state index contributed by atoms with van der Waals surface area (Å²) in [5.74, 6) is 0.457.